The predicted octanol–water partition coefficient (Wildman–Crippen LogP) is 4.87. The summed E-state index contributed by atoms with van der Waals surface area (Å²) in [4.78, 5) is 39.4. The Labute approximate surface area is 216 Å². The van der Waals surface area contributed by atoms with Gasteiger partial charge in [0.05, 0.1) is 13.2 Å². The number of carbonyl (C=O) groups is 3. The number of benzene rings is 2. The molecule has 2 amide bonds. The van der Waals surface area contributed by atoms with E-state index >= 15 is 0 Å². The van der Waals surface area contributed by atoms with Crippen LogP contribution in [0.2, 0.25) is 0 Å². The number of hydrogen-bond donors (Lipinski definition) is 1. The number of phenols is 1. The number of phenolic OH excluding ortho intramolecular Hbond substituents is 1. The molecule has 2 aromatic rings. The van der Waals surface area contributed by atoms with Crippen LogP contribution in [0, 0.1) is 12.8 Å². The molecule has 1 N–H and O–H groups in total. The van der Waals surface area contributed by atoms with Crippen molar-refractivity contribution in [3.05, 3.63) is 69.8 Å². The molecule has 1 saturated heterocycles. The highest BCUT2D eigenvalue weighted by molar-refractivity contribution is 5.98. The Bertz CT molecular complexity index is 1230. The Hall–Kier alpha value is -3.81. The molecule has 37 heavy (non-hydrogen) atoms. The number of cyclic esters (lactones) is 2. The molecule has 1 fully saturated rings. The molecule has 8 nitrogen and oxygen atoms in total. The van der Waals surface area contributed by atoms with Crippen LogP contribution in [-0.2, 0) is 33.7 Å². The van der Waals surface area contributed by atoms with Gasteiger partial charge in [-0.2, -0.15) is 0 Å². The van der Waals surface area contributed by atoms with Crippen LogP contribution in [0.5, 0.6) is 11.5 Å². The van der Waals surface area contributed by atoms with Gasteiger partial charge in [0.1, 0.15) is 30.3 Å². The van der Waals surface area contributed by atoms with Gasteiger partial charge in [-0.15, -0.1) is 0 Å². The van der Waals surface area contributed by atoms with E-state index in [2.05, 4.69) is 0 Å². The summed E-state index contributed by atoms with van der Waals surface area (Å²) in [6.07, 6.45) is 3.19. The van der Waals surface area contributed by atoms with Crippen LogP contribution in [0.25, 0.3) is 0 Å². The summed E-state index contributed by atoms with van der Waals surface area (Å²) < 4.78 is 15.9. The van der Waals surface area contributed by atoms with Crippen LogP contribution in [0.3, 0.4) is 0 Å². The topological polar surface area (TPSA) is 102 Å². The number of aromatic hydroxyl groups is 1. The van der Waals surface area contributed by atoms with Crippen LogP contribution in [-0.4, -0.2) is 47.7 Å². The van der Waals surface area contributed by atoms with Crippen molar-refractivity contribution in [3.63, 3.8) is 0 Å². The van der Waals surface area contributed by atoms with Crippen molar-refractivity contribution in [2.24, 2.45) is 5.92 Å². The molecule has 1 unspecified atom stereocenters. The van der Waals surface area contributed by atoms with Gasteiger partial charge in [-0.3, -0.25) is 4.79 Å². The maximum absolute atomic E-state index is 13.4. The lowest BCUT2D eigenvalue weighted by molar-refractivity contribution is -0.133. The third-order valence-electron chi connectivity index (χ3n) is 7.23. The summed E-state index contributed by atoms with van der Waals surface area (Å²) in [6, 6.07) is 9.40. The van der Waals surface area contributed by atoms with Crippen LogP contribution < -0.4 is 4.74 Å². The Kier molecular flexibility index (Phi) is 7.86. The molecule has 0 saturated carbocycles. The summed E-state index contributed by atoms with van der Waals surface area (Å²) in [6.45, 7) is 5.98. The fourth-order valence-electron chi connectivity index (χ4n) is 5.15. The van der Waals surface area contributed by atoms with Gasteiger partial charge >= 0.3 is 12.1 Å². The lowest BCUT2D eigenvalue weighted by Gasteiger charge is -2.24. The summed E-state index contributed by atoms with van der Waals surface area (Å²) in [5, 5.41) is 10.8. The minimum atomic E-state index is -0.596. The van der Waals surface area contributed by atoms with Crippen molar-refractivity contribution < 1.29 is 33.7 Å². The van der Waals surface area contributed by atoms with E-state index in [1.165, 1.54) is 12.0 Å². The number of esters is 1. The highest BCUT2D eigenvalue weighted by atomic mass is 16.6. The van der Waals surface area contributed by atoms with E-state index in [9.17, 15) is 19.5 Å². The Balaban J connectivity index is 1.50. The number of imide groups is 1. The van der Waals surface area contributed by atoms with E-state index in [-0.39, 0.29) is 36.5 Å². The molecule has 2 atom stereocenters. The first-order valence-corrected chi connectivity index (χ1v) is 12.5. The van der Waals surface area contributed by atoms with Crippen LogP contribution in [0.4, 0.5) is 4.79 Å². The maximum atomic E-state index is 13.4. The van der Waals surface area contributed by atoms with Crippen LogP contribution in [0.15, 0.2) is 42.0 Å². The molecule has 196 valence electrons. The standard InChI is InChI=1S/C29H33NO7/c1-5-20(27(32)30-21(15-37-29(30)34)14-19-9-7-6-8-10-19)13-17(2)11-12-22-25(31)24-23(16-36-28(24)33)18(3)26(22)35-4/h6-11,20-21,31H,5,12-16H2,1-4H3/t20?,21-/m0/s1. The zero-order valence-corrected chi connectivity index (χ0v) is 21.7. The van der Waals surface area contributed by atoms with Crippen molar-refractivity contribution in [2.45, 2.75) is 59.1 Å². The second-order valence-corrected chi connectivity index (χ2v) is 9.61. The van der Waals surface area contributed by atoms with Crippen molar-refractivity contribution in [1.82, 2.24) is 4.90 Å². The van der Waals surface area contributed by atoms with Gasteiger partial charge in [0, 0.05) is 17.0 Å². The van der Waals surface area contributed by atoms with Crippen molar-refractivity contribution >= 4 is 18.0 Å². The Morgan fingerprint density at radius 1 is 1.24 bits per heavy atom. The van der Waals surface area contributed by atoms with E-state index in [4.69, 9.17) is 14.2 Å². The Morgan fingerprint density at radius 3 is 2.65 bits per heavy atom. The first kappa shape index (κ1) is 26.3. The summed E-state index contributed by atoms with van der Waals surface area (Å²) in [5.74, 6) is -0.789. The van der Waals surface area contributed by atoms with E-state index < -0.39 is 18.0 Å². The van der Waals surface area contributed by atoms with Crippen molar-refractivity contribution in [3.8, 4) is 11.5 Å². The van der Waals surface area contributed by atoms with Gasteiger partial charge in [-0.1, -0.05) is 48.9 Å². The van der Waals surface area contributed by atoms with Gasteiger partial charge in [-0.05, 0) is 50.7 Å². The van der Waals surface area contributed by atoms with Gasteiger partial charge in [0.25, 0.3) is 0 Å². The summed E-state index contributed by atoms with van der Waals surface area (Å²) in [7, 11) is 1.53. The lowest BCUT2D eigenvalue weighted by Crippen LogP contribution is -2.43. The second kappa shape index (κ2) is 11.1. The highest BCUT2D eigenvalue weighted by Crippen LogP contribution is 2.42. The lowest BCUT2D eigenvalue weighted by atomic mass is 9.92. The number of hydrogen-bond acceptors (Lipinski definition) is 7. The summed E-state index contributed by atoms with van der Waals surface area (Å²) >= 11 is 0. The number of amides is 2. The third-order valence-corrected chi connectivity index (χ3v) is 7.23. The number of allylic oxidation sites excluding steroid dienone is 2. The van der Waals surface area contributed by atoms with Gasteiger partial charge in [0.15, 0.2) is 0 Å². The van der Waals surface area contributed by atoms with E-state index in [1.54, 1.807) is 0 Å². The molecule has 0 spiro atoms. The smallest absolute Gasteiger partial charge is 0.416 e. The quantitative estimate of drug-likeness (QED) is 0.381. The fraction of sp³-hybridized carbons (Fsp3) is 0.414. The average Bonchev–Trinajstić information content (AvgIpc) is 3.46. The zero-order valence-electron chi connectivity index (χ0n) is 21.7. The van der Waals surface area contributed by atoms with Crippen molar-refractivity contribution in [1.29, 1.82) is 0 Å². The van der Waals surface area contributed by atoms with Gasteiger partial charge in [0.2, 0.25) is 5.91 Å². The SMILES string of the molecule is CCC(CC(C)=CCc1c(O)c2c(c(C)c1OC)COC2=O)C(=O)N1C(=O)OC[C@@H]1Cc1ccccc1. The van der Waals surface area contributed by atoms with E-state index in [0.717, 1.165) is 16.7 Å². The zero-order chi connectivity index (χ0) is 26.7. The molecular weight excluding hydrogens is 474 g/mol. The number of methoxy groups -OCH3 is 1. The second-order valence-electron chi connectivity index (χ2n) is 9.61. The first-order chi connectivity index (χ1) is 17.8. The molecule has 0 aliphatic carbocycles. The monoisotopic (exact) mass is 507 g/mol. The van der Waals surface area contributed by atoms with E-state index in [1.807, 2.05) is 57.2 Å². The summed E-state index contributed by atoms with van der Waals surface area (Å²) in [5.41, 5.74) is 4.06. The maximum Gasteiger partial charge on any atom is 0.416 e. The fourth-order valence-corrected chi connectivity index (χ4v) is 5.15. The number of carbonyl (C=O) groups excluding carboxylic acids is 3. The van der Waals surface area contributed by atoms with E-state index in [0.29, 0.717) is 42.6 Å². The molecule has 2 aliphatic rings. The predicted molar refractivity (Wildman–Crippen MR) is 137 cm³/mol. The molecular formula is C29H33NO7. The van der Waals surface area contributed by atoms with Crippen LogP contribution >= 0.6 is 0 Å². The minimum absolute atomic E-state index is 0.115. The minimum Gasteiger partial charge on any atom is -0.507 e. The van der Waals surface area contributed by atoms with Crippen molar-refractivity contribution in [2.75, 3.05) is 13.7 Å². The molecule has 2 heterocycles. The highest BCUT2D eigenvalue weighted by Gasteiger charge is 2.40. The largest absolute Gasteiger partial charge is 0.507 e. The van der Waals surface area contributed by atoms with Gasteiger partial charge in [-0.25, -0.2) is 14.5 Å². The number of fused-ring (bicyclic) bond motifs is 1. The average molecular weight is 508 g/mol. The molecule has 0 aromatic heterocycles. The number of rotatable bonds is 9. The molecule has 8 heteroatoms. The first-order valence-electron chi connectivity index (χ1n) is 12.5. The molecule has 0 radical (unpaired) electrons. The third kappa shape index (κ3) is 5.19. The molecule has 2 aliphatic heterocycles. The Morgan fingerprint density at radius 2 is 1.97 bits per heavy atom. The molecule has 4 rings (SSSR count). The van der Waals surface area contributed by atoms with Crippen LogP contribution in [0.1, 0.15) is 59.3 Å². The normalized spacial score (nSPS) is 17.9. The molecule has 0 bridgehead atoms. The number of ether oxygens (including phenoxy) is 3. The molecule has 2 aromatic carbocycles. The van der Waals surface area contributed by atoms with Gasteiger partial charge < -0.3 is 19.3 Å². The number of nitrogens with zero attached hydrogens (tertiary/aromatic N) is 1.